The van der Waals surface area contributed by atoms with Crippen molar-refractivity contribution >= 4 is 22.6 Å². The molecule has 3 saturated carbocycles. The maximum atomic E-state index is 13.2. The maximum Gasteiger partial charge on any atom is 0.272 e. The van der Waals surface area contributed by atoms with Crippen LogP contribution in [-0.4, -0.2) is 45.9 Å². The molecule has 0 aromatic rings. The van der Waals surface area contributed by atoms with E-state index in [-0.39, 0.29) is 21.7 Å². The summed E-state index contributed by atoms with van der Waals surface area (Å²) in [6.45, 7) is 10.5. The van der Waals surface area contributed by atoms with Crippen molar-refractivity contribution in [2.45, 2.75) is 76.7 Å². The minimum absolute atomic E-state index is 0.107. The predicted molar refractivity (Wildman–Crippen MR) is 104 cm³/mol. The van der Waals surface area contributed by atoms with Gasteiger partial charge in [0, 0.05) is 42.7 Å². The Hall–Kier alpha value is -0.510. The molecular weight excluding hydrogens is 330 g/mol. The lowest BCUT2D eigenvalue weighted by atomic mass is 9.64. The van der Waals surface area contributed by atoms with E-state index in [2.05, 4.69) is 27.7 Å². The zero-order valence-electron chi connectivity index (χ0n) is 16.3. The summed E-state index contributed by atoms with van der Waals surface area (Å²) in [5.41, 5.74) is 0.0346. The smallest absolute Gasteiger partial charge is 0.272 e. The highest BCUT2D eigenvalue weighted by molar-refractivity contribution is 7.99. The van der Waals surface area contributed by atoms with Crippen LogP contribution in [0, 0.1) is 22.7 Å². The van der Waals surface area contributed by atoms with Crippen LogP contribution in [0.5, 0.6) is 0 Å². The van der Waals surface area contributed by atoms with Gasteiger partial charge in [-0.3, -0.25) is 9.59 Å². The second-order valence-electron chi connectivity index (χ2n) is 9.35. The van der Waals surface area contributed by atoms with Crippen molar-refractivity contribution < 1.29 is 9.59 Å². The molecule has 4 aliphatic rings. The Morgan fingerprint density at radius 2 is 1.92 bits per heavy atom. The highest BCUT2D eigenvalue weighted by atomic mass is 32.2. The topological polar surface area (TPSA) is 37.4 Å². The molecule has 3 aliphatic carbocycles. The largest absolute Gasteiger partial charge is 0.339 e. The monoisotopic (exact) mass is 364 g/mol. The molecule has 4 heteroatoms. The summed E-state index contributed by atoms with van der Waals surface area (Å²) < 4.78 is 0. The summed E-state index contributed by atoms with van der Waals surface area (Å²) in [4.78, 5) is 28.1. The fourth-order valence-electron chi connectivity index (χ4n) is 7.04. The molecule has 1 aliphatic heterocycles. The van der Waals surface area contributed by atoms with Crippen LogP contribution >= 0.6 is 0 Å². The van der Waals surface area contributed by atoms with E-state index < -0.39 is 0 Å². The van der Waals surface area contributed by atoms with Crippen molar-refractivity contribution in [1.82, 2.24) is 4.90 Å². The molecule has 3 nitrogen and oxygen atoms in total. The first-order chi connectivity index (χ1) is 11.9. The van der Waals surface area contributed by atoms with Crippen LogP contribution in [0.3, 0.4) is 0 Å². The van der Waals surface area contributed by atoms with E-state index in [1.54, 1.807) is 0 Å². The second-order valence-corrected chi connectivity index (χ2v) is 11.8. The van der Waals surface area contributed by atoms with Crippen molar-refractivity contribution in [1.29, 1.82) is 0 Å². The number of rotatable bonds is 5. The molecule has 1 amide bonds. The third kappa shape index (κ3) is 2.25. The van der Waals surface area contributed by atoms with Crippen molar-refractivity contribution in [2.24, 2.45) is 22.7 Å². The SMILES string of the molecule is CCN(CC)C(=O)C[S+]1[C@H]2CC[C@H](C2)[C@H]1[C@]12CC[C@H](CC1=O)C2(C)C. The predicted octanol–water partition coefficient (Wildman–Crippen LogP) is 3.42. The zero-order chi connectivity index (χ0) is 18.0. The summed E-state index contributed by atoms with van der Waals surface area (Å²) >= 11 is 0. The van der Waals surface area contributed by atoms with Gasteiger partial charge in [0.05, 0.1) is 5.41 Å². The summed E-state index contributed by atoms with van der Waals surface area (Å²) in [5.74, 6) is 2.89. The molecule has 4 fully saturated rings. The number of hydrogen-bond acceptors (Lipinski definition) is 2. The lowest BCUT2D eigenvalue weighted by molar-refractivity contribution is -0.130. The van der Waals surface area contributed by atoms with E-state index in [1.807, 2.05) is 4.90 Å². The molecule has 25 heavy (non-hydrogen) atoms. The molecule has 0 aromatic carbocycles. The summed E-state index contributed by atoms with van der Waals surface area (Å²) in [5, 5.41) is 1.22. The third-order valence-corrected chi connectivity index (χ3v) is 11.8. The Morgan fingerprint density at radius 3 is 2.48 bits per heavy atom. The Labute approximate surface area is 155 Å². The standard InChI is InChI=1S/C21H34NO2S/c1-5-22(6-2)18(24)13-25-16-8-7-14(11-16)19(25)21-10-9-15(12-17(21)23)20(21,3)4/h14-16,19H,5-13H2,1-4H3/q+1/t14-,15-,16+,19+,21+,25?/m1/s1. The molecule has 4 bridgehead atoms. The highest BCUT2D eigenvalue weighted by Gasteiger charge is 2.75. The van der Waals surface area contributed by atoms with Gasteiger partial charge in [0.1, 0.15) is 16.3 Å². The van der Waals surface area contributed by atoms with Gasteiger partial charge in [0.2, 0.25) is 0 Å². The van der Waals surface area contributed by atoms with Gasteiger partial charge in [0.15, 0.2) is 5.75 Å². The lowest BCUT2D eigenvalue weighted by Crippen LogP contribution is -2.54. The molecule has 0 N–H and O–H groups in total. The van der Waals surface area contributed by atoms with Gasteiger partial charge in [-0.2, -0.15) is 0 Å². The van der Waals surface area contributed by atoms with Crippen LogP contribution in [0.4, 0.5) is 0 Å². The number of hydrogen-bond donors (Lipinski definition) is 0. The minimum atomic E-state index is -0.107. The maximum absolute atomic E-state index is 13.2. The number of carbonyl (C=O) groups excluding carboxylic acids is 2. The number of Topliss-reactive ketones (excluding diaryl/α,β-unsaturated/α-hetero) is 1. The summed E-state index contributed by atoms with van der Waals surface area (Å²) in [6.07, 6.45) is 7.02. The first-order valence-electron chi connectivity index (χ1n) is 10.4. The molecule has 1 heterocycles. The van der Waals surface area contributed by atoms with Gasteiger partial charge in [-0.1, -0.05) is 13.8 Å². The highest BCUT2D eigenvalue weighted by Crippen LogP contribution is 2.70. The van der Waals surface area contributed by atoms with E-state index >= 15 is 0 Å². The zero-order valence-corrected chi connectivity index (χ0v) is 17.2. The quantitative estimate of drug-likeness (QED) is 0.701. The summed E-state index contributed by atoms with van der Waals surface area (Å²) in [7, 11) is 0.111. The molecular formula is C21H34NO2S+. The molecule has 1 unspecified atom stereocenters. The average molecular weight is 365 g/mol. The summed E-state index contributed by atoms with van der Waals surface area (Å²) in [6, 6.07) is 0. The van der Waals surface area contributed by atoms with Gasteiger partial charge in [-0.15, -0.1) is 0 Å². The normalized spacial score (nSPS) is 43.8. The third-order valence-electron chi connectivity index (χ3n) is 8.49. The Bertz CT molecular complexity index is 584. The van der Waals surface area contributed by atoms with Crippen molar-refractivity contribution in [3.05, 3.63) is 0 Å². The van der Waals surface area contributed by atoms with Crippen LogP contribution in [-0.2, 0) is 20.5 Å². The fourth-order valence-corrected chi connectivity index (χ4v) is 11.1. The van der Waals surface area contributed by atoms with E-state index in [0.717, 1.165) is 25.9 Å². The number of nitrogens with zero attached hydrogens (tertiary/aromatic N) is 1. The van der Waals surface area contributed by atoms with Gasteiger partial charge in [0.25, 0.3) is 5.91 Å². The Kier molecular flexibility index (Phi) is 4.29. The Balaban J connectivity index is 1.66. The first kappa shape index (κ1) is 17.9. The van der Waals surface area contributed by atoms with Crippen molar-refractivity contribution in [2.75, 3.05) is 18.8 Å². The van der Waals surface area contributed by atoms with Crippen LogP contribution in [0.15, 0.2) is 0 Å². The van der Waals surface area contributed by atoms with Crippen LogP contribution < -0.4 is 0 Å². The first-order valence-corrected chi connectivity index (χ1v) is 11.9. The Morgan fingerprint density at radius 1 is 1.20 bits per heavy atom. The number of carbonyl (C=O) groups is 2. The van der Waals surface area contributed by atoms with E-state index in [4.69, 9.17) is 0 Å². The van der Waals surface area contributed by atoms with Gasteiger partial charge in [-0.05, 0) is 50.9 Å². The van der Waals surface area contributed by atoms with Crippen molar-refractivity contribution in [3.8, 4) is 0 Å². The average Bonchev–Trinajstić information content (AvgIpc) is 3.27. The van der Waals surface area contributed by atoms with Gasteiger partial charge in [-0.25, -0.2) is 0 Å². The van der Waals surface area contributed by atoms with E-state index in [0.29, 0.717) is 39.8 Å². The van der Waals surface area contributed by atoms with Crippen molar-refractivity contribution in [3.63, 3.8) is 0 Å². The number of fused-ring (bicyclic) bond motifs is 4. The van der Waals surface area contributed by atoms with E-state index in [1.165, 1.54) is 25.7 Å². The van der Waals surface area contributed by atoms with Crippen LogP contribution in [0.1, 0.15) is 66.2 Å². The molecule has 0 radical (unpaired) electrons. The van der Waals surface area contributed by atoms with Crippen LogP contribution in [0.2, 0.25) is 0 Å². The molecule has 0 aromatic heterocycles. The molecule has 1 saturated heterocycles. The van der Waals surface area contributed by atoms with E-state index in [9.17, 15) is 9.59 Å². The number of ketones is 1. The minimum Gasteiger partial charge on any atom is -0.339 e. The van der Waals surface area contributed by atoms with Gasteiger partial charge >= 0.3 is 0 Å². The second kappa shape index (κ2) is 6.00. The molecule has 140 valence electrons. The van der Waals surface area contributed by atoms with Crippen LogP contribution in [0.25, 0.3) is 0 Å². The molecule has 6 atom stereocenters. The number of amides is 1. The van der Waals surface area contributed by atoms with Gasteiger partial charge < -0.3 is 4.90 Å². The molecule has 0 spiro atoms. The molecule has 4 rings (SSSR count). The fraction of sp³-hybridized carbons (Fsp3) is 0.905. The lowest BCUT2D eigenvalue weighted by Gasteiger charge is -2.43.